The molecule has 0 aliphatic heterocycles. The maximum atomic E-state index is 10.8. The minimum Gasteiger partial charge on any atom is -0.549 e. The van der Waals surface area contributed by atoms with Crippen LogP contribution in [0.25, 0.3) is 11.1 Å². The van der Waals surface area contributed by atoms with Gasteiger partial charge in [-0.15, -0.1) is 0 Å². The largest absolute Gasteiger partial charge is 0.549 e. The number of carboxylic acid groups (broad SMARTS) is 1. The molecular weight excluding hydrogens is 324 g/mol. The molecule has 2 aromatic rings. The normalized spacial score (nSPS) is 13.3. The summed E-state index contributed by atoms with van der Waals surface area (Å²) >= 11 is 1.04. The van der Waals surface area contributed by atoms with Gasteiger partial charge in [-0.1, -0.05) is 23.9 Å². The molecule has 0 unspecified atom stereocenters. The van der Waals surface area contributed by atoms with E-state index in [1.807, 2.05) is 30.3 Å². The fourth-order valence-corrected chi connectivity index (χ4v) is 3.19. The van der Waals surface area contributed by atoms with Crippen LogP contribution in [0.2, 0.25) is 0 Å². The van der Waals surface area contributed by atoms with E-state index in [0.29, 0.717) is 16.5 Å². The zero-order valence-electron chi connectivity index (χ0n) is 13.1. The van der Waals surface area contributed by atoms with Crippen molar-refractivity contribution in [3.8, 4) is 22.9 Å². The Hall–Kier alpha value is -2.52. The van der Waals surface area contributed by atoms with Gasteiger partial charge in [-0.2, -0.15) is 5.26 Å². The summed E-state index contributed by atoms with van der Waals surface area (Å²) in [6.45, 7) is 0. The highest BCUT2D eigenvalue weighted by Gasteiger charge is 2.27. The molecule has 1 aliphatic carbocycles. The van der Waals surface area contributed by atoms with Crippen LogP contribution in [-0.2, 0) is 4.79 Å². The Morgan fingerprint density at radius 3 is 2.67 bits per heavy atom. The standard InChI is InChI=1S/C18H16N2O3S/c1-23-13-6-4-11(5-7-13)14-8-16(12-2-3-12)20-18(15(14)9-19)24-10-17(21)22/h4-8,12H,2-3,10H2,1H3,(H,21,22)/p-1. The minimum absolute atomic E-state index is 0.224. The lowest BCUT2D eigenvalue weighted by Gasteiger charge is -2.12. The first-order valence-electron chi connectivity index (χ1n) is 7.54. The molecule has 1 aliphatic rings. The third-order valence-electron chi connectivity index (χ3n) is 3.84. The Balaban J connectivity index is 2.08. The van der Waals surface area contributed by atoms with Crippen molar-refractivity contribution >= 4 is 17.7 Å². The van der Waals surface area contributed by atoms with Crippen LogP contribution < -0.4 is 9.84 Å². The number of aromatic nitrogens is 1. The average Bonchev–Trinajstić information content (AvgIpc) is 3.44. The Kier molecular flexibility index (Phi) is 4.72. The smallest absolute Gasteiger partial charge is 0.118 e. The molecule has 1 saturated carbocycles. The van der Waals surface area contributed by atoms with E-state index in [1.165, 1.54) is 0 Å². The van der Waals surface area contributed by atoms with Crippen LogP contribution in [-0.4, -0.2) is 23.8 Å². The van der Waals surface area contributed by atoms with Gasteiger partial charge in [0.25, 0.3) is 0 Å². The van der Waals surface area contributed by atoms with E-state index in [4.69, 9.17) is 4.74 Å². The molecule has 5 nitrogen and oxygen atoms in total. The number of pyridine rings is 1. The third kappa shape index (κ3) is 3.52. The van der Waals surface area contributed by atoms with Crippen molar-refractivity contribution in [1.82, 2.24) is 4.98 Å². The van der Waals surface area contributed by atoms with Gasteiger partial charge in [-0.05, 0) is 36.6 Å². The van der Waals surface area contributed by atoms with E-state index in [2.05, 4.69) is 11.1 Å². The van der Waals surface area contributed by atoms with Gasteiger partial charge >= 0.3 is 0 Å². The first kappa shape index (κ1) is 16.3. The minimum atomic E-state index is -1.17. The summed E-state index contributed by atoms with van der Waals surface area (Å²) < 4.78 is 5.17. The van der Waals surface area contributed by atoms with E-state index in [9.17, 15) is 15.2 Å². The number of carboxylic acids is 1. The van der Waals surface area contributed by atoms with Crippen molar-refractivity contribution in [2.24, 2.45) is 0 Å². The molecule has 1 heterocycles. The average molecular weight is 339 g/mol. The summed E-state index contributed by atoms with van der Waals surface area (Å²) in [5.74, 6) is -0.261. The summed E-state index contributed by atoms with van der Waals surface area (Å²) in [4.78, 5) is 15.3. The summed E-state index contributed by atoms with van der Waals surface area (Å²) in [6.07, 6.45) is 2.15. The SMILES string of the molecule is COc1ccc(-c2cc(C3CC3)nc(SCC(=O)[O-])c2C#N)cc1. The number of hydrogen-bond donors (Lipinski definition) is 0. The Morgan fingerprint density at radius 1 is 1.42 bits per heavy atom. The Bertz CT molecular complexity index is 808. The van der Waals surface area contributed by atoms with Crippen LogP contribution in [0.3, 0.4) is 0 Å². The summed E-state index contributed by atoms with van der Waals surface area (Å²) in [6, 6.07) is 11.6. The highest BCUT2D eigenvalue weighted by Crippen LogP contribution is 2.42. The molecule has 0 N–H and O–H groups in total. The molecule has 1 fully saturated rings. The Labute approximate surface area is 144 Å². The fraction of sp³-hybridized carbons (Fsp3) is 0.278. The fourth-order valence-electron chi connectivity index (χ4n) is 2.47. The molecule has 3 rings (SSSR count). The van der Waals surface area contributed by atoms with Crippen molar-refractivity contribution in [1.29, 1.82) is 5.26 Å². The van der Waals surface area contributed by atoms with E-state index in [1.54, 1.807) is 7.11 Å². The number of nitriles is 1. The molecule has 0 radical (unpaired) electrons. The predicted molar refractivity (Wildman–Crippen MR) is 88.6 cm³/mol. The second-order valence-electron chi connectivity index (χ2n) is 5.55. The van der Waals surface area contributed by atoms with Crippen LogP contribution in [0.1, 0.15) is 30.0 Å². The van der Waals surface area contributed by atoms with Gasteiger partial charge in [-0.3, -0.25) is 0 Å². The molecule has 1 aromatic carbocycles. The van der Waals surface area contributed by atoms with Gasteiger partial charge in [0.2, 0.25) is 0 Å². The molecule has 0 bridgehead atoms. The zero-order valence-corrected chi connectivity index (χ0v) is 13.9. The third-order valence-corrected chi connectivity index (χ3v) is 4.79. The maximum absolute atomic E-state index is 10.8. The number of ether oxygens (including phenoxy) is 1. The topological polar surface area (TPSA) is 86.0 Å². The van der Waals surface area contributed by atoms with E-state index in [-0.39, 0.29) is 5.75 Å². The number of carbonyl (C=O) groups excluding carboxylic acids is 1. The van der Waals surface area contributed by atoms with Gasteiger partial charge in [0.1, 0.15) is 16.8 Å². The molecule has 0 saturated heterocycles. The second kappa shape index (κ2) is 6.93. The van der Waals surface area contributed by atoms with Crippen LogP contribution in [0.4, 0.5) is 0 Å². The first-order chi connectivity index (χ1) is 11.6. The number of thioether (sulfide) groups is 1. The lowest BCUT2D eigenvalue weighted by molar-refractivity contribution is -0.301. The summed E-state index contributed by atoms with van der Waals surface area (Å²) in [5, 5.41) is 20.8. The van der Waals surface area contributed by atoms with E-state index in [0.717, 1.165) is 47.2 Å². The van der Waals surface area contributed by atoms with Crippen LogP contribution >= 0.6 is 11.8 Å². The van der Waals surface area contributed by atoms with Crippen LogP contribution in [0.5, 0.6) is 5.75 Å². The van der Waals surface area contributed by atoms with Crippen molar-refractivity contribution in [3.63, 3.8) is 0 Å². The van der Waals surface area contributed by atoms with Crippen molar-refractivity contribution < 1.29 is 14.6 Å². The molecule has 122 valence electrons. The van der Waals surface area contributed by atoms with Crippen molar-refractivity contribution in [3.05, 3.63) is 41.6 Å². The number of aliphatic carboxylic acids is 1. The van der Waals surface area contributed by atoms with Gasteiger partial charge < -0.3 is 14.6 Å². The van der Waals surface area contributed by atoms with Crippen LogP contribution in [0.15, 0.2) is 35.4 Å². The highest BCUT2D eigenvalue weighted by molar-refractivity contribution is 7.99. The number of nitrogens with zero attached hydrogens (tertiary/aromatic N) is 2. The Morgan fingerprint density at radius 2 is 2.12 bits per heavy atom. The molecule has 0 spiro atoms. The number of benzene rings is 1. The molecular formula is C18H15N2O3S-. The lowest BCUT2D eigenvalue weighted by atomic mass is 10.00. The predicted octanol–water partition coefficient (Wildman–Crippen LogP) is 2.35. The van der Waals surface area contributed by atoms with E-state index < -0.39 is 5.97 Å². The maximum Gasteiger partial charge on any atom is 0.118 e. The highest BCUT2D eigenvalue weighted by atomic mass is 32.2. The molecule has 24 heavy (non-hydrogen) atoms. The molecule has 0 amide bonds. The quantitative estimate of drug-likeness (QED) is 0.751. The lowest BCUT2D eigenvalue weighted by Crippen LogP contribution is -2.24. The molecule has 1 aromatic heterocycles. The van der Waals surface area contributed by atoms with Gasteiger partial charge in [-0.25, -0.2) is 4.98 Å². The summed E-state index contributed by atoms with van der Waals surface area (Å²) in [7, 11) is 1.60. The van der Waals surface area contributed by atoms with E-state index >= 15 is 0 Å². The number of methoxy groups -OCH3 is 1. The van der Waals surface area contributed by atoms with Crippen LogP contribution in [0, 0.1) is 11.3 Å². The first-order valence-corrected chi connectivity index (χ1v) is 8.53. The monoisotopic (exact) mass is 339 g/mol. The van der Waals surface area contributed by atoms with Gasteiger partial charge in [0, 0.05) is 22.9 Å². The molecule has 6 heteroatoms. The zero-order chi connectivity index (χ0) is 17.1. The summed E-state index contributed by atoms with van der Waals surface area (Å²) in [5.41, 5.74) is 2.97. The number of carbonyl (C=O) groups is 1. The van der Waals surface area contributed by atoms with Gasteiger partial charge in [0.15, 0.2) is 0 Å². The second-order valence-corrected chi connectivity index (χ2v) is 6.51. The number of hydrogen-bond acceptors (Lipinski definition) is 6. The van der Waals surface area contributed by atoms with Crippen molar-refractivity contribution in [2.75, 3.05) is 12.9 Å². The van der Waals surface area contributed by atoms with Gasteiger partial charge in [0.05, 0.1) is 18.6 Å². The van der Waals surface area contributed by atoms with Crippen molar-refractivity contribution in [2.45, 2.75) is 23.8 Å². The number of rotatable bonds is 6. The molecule has 0 atom stereocenters.